The van der Waals surface area contributed by atoms with Crippen molar-refractivity contribution in [2.24, 2.45) is 0 Å². The van der Waals surface area contributed by atoms with Crippen LogP contribution in [0.1, 0.15) is 27.2 Å². The molecule has 0 saturated carbocycles. The van der Waals surface area contributed by atoms with Gasteiger partial charge in [0.25, 0.3) is 0 Å². The lowest BCUT2D eigenvalue weighted by Gasteiger charge is -2.26. The summed E-state index contributed by atoms with van der Waals surface area (Å²) in [5.74, 6) is 0. The number of carbonyl (C=O) groups is 1. The summed E-state index contributed by atoms with van der Waals surface area (Å²) in [6.07, 6.45) is -4.13. The molecular weight excluding hydrogens is 261 g/mol. The molecule has 0 spiro atoms. The van der Waals surface area contributed by atoms with E-state index in [4.69, 9.17) is 4.74 Å². The van der Waals surface area contributed by atoms with Crippen molar-refractivity contribution in [3.05, 3.63) is 0 Å². The number of halogens is 3. The molecule has 1 aliphatic heterocycles. The zero-order valence-corrected chi connectivity index (χ0v) is 11.6. The van der Waals surface area contributed by atoms with E-state index in [9.17, 15) is 18.0 Å². The van der Waals surface area contributed by atoms with Gasteiger partial charge in [-0.1, -0.05) is 0 Å². The number of amides is 1. The van der Waals surface area contributed by atoms with Crippen LogP contribution in [0.15, 0.2) is 0 Å². The Morgan fingerprint density at radius 1 is 1.11 bits per heavy atom. The van der Waals surface area contributed by atoms with Gasteiger partial charge in [0.1, 0.15) is 5.60 Å². The minimum Gasteiger partial charge on any atom is -0.444 e. The van der Waals surface area contributed by atoms with E-state index in [0.717, 1.165) is 0 Å². The zero-order valence-electron chi connectivity index (χ0n) is 11.6. The topological polar surface area (TPSA) is 32.8 Å². The Morgan fingerprint density at radius 2 is 1.74 bits per heavy atom. The second-order valence-electron chi connectivity index (χ2n) is 5.71. The quantitative estimate of drug-likeness (QED) is 0.741. The molecule has 0 bridgehead atoms. The SMILES string of the molecule is CC(C)(C)OC(=O)N1CCCN(CC(F)(F)F)CC1. The maximum atomic E-state index is 12.3. The predicted molar refractivity (Wildman–Crippen MR) is 64.9 cm³/mol. The van der Waals surface area contributed by atoms with Gasteiger partial charge in [-0.05, 0) is 27.2 Å². The summed E-state index contributed by atoms with van der Waals surface area (Å²) in [7, 11) is 0. The highest BCUT2D eigenvalue weighted by Crippen LogP contribution is 2.18. The van der Waals surface area contributed by atoms with Crippen LogP contribution in [0.4, 0.5) is 18.0 Å². The molecule has 1 heterocycles. The Morgan fingerprint density at radius 3 is 2.26 bits per heavy atom. The van der Waals surface area contributed by atoms with Gasteiger partial charge in [-0.15, -0.1) is 0 Å². The molecule has 0 radical (unpaired) electrons. The number of nitrogens with zero attached hydrogens (tertiary/aromatic N) is 2. The van der Waals surface area contributed by atoms with E-state index in [1.54, 1.807) is 20.8 Å². The van der Waals surface area contributed by atoms with E-state index in [2.05, 4.69) is 0 Å². The van der Waals surface area contributed by atoms with E-state index in [-0.39, 0.29) is 13.1 Å². The smallest absolute Gasteiger partial charge is 0.410 e. The van der Waals surface area contributed by atoms with Gasteiger partial charge in [0.2, 0.25) is 0 Å². The molecule has 0 aromatic carbocycles. The van der Waals surface area contributed by atoms with Crippen LogP contribution in [-0.2, 0) is 4.74 Å². The first-order valence-electron chi connectivity index (χ1n) is 6.34. The lowest BCUT2D eigenvalue weighted by molar-refractivity contribution is -0.145. The van der Waals surface area contributed by atoms with Crippen LogP contribution < -0.4 is 0 Å². The molecule has 1 fully saturated rings. The molecule has 0 aromatic heterocycles. The summed E-state index contributed by atoms with van der Waals surface area (Å²) in [6, 6.07) is 0. The largest absolute Gasteiger partial charge is 0.444 e. The lowest BCUT2D eigenvalue weighted by atomic mass is 10.2. The number of ether oxygens (including phenoxy) is 1. The molecule has 7 heteroatoms. The third-order valence-electron chi connectivity index (χ3n) is 2.64. The summed E-state index contributed by atoms with van der Waals surface area (Å²) in [5.41, 5.74) is -0.588. The van der Waals surface area contributed by atoms with Crippen LogP contribution in [0.2, 0.25) is 0 Å². The fraction of sp³-hybridized carbons (Fsp3) is 0.917. The Bertz CT molecular complexity index is 313. The number of carbonyl (C=O) groups excluding carboxylic acids is 1. The van der Waals surface area contributed by atoms with Crippen LogP contribution in [0, 0.1) is 0 Å². The number of rotatable bonds is 1. The molecule has 19 heavy (non-hydrogen) atoms. The molecule has 0 aromatic rings. The molecule has 1 rings (SSSR count). The molecule has 1 aliphatic rings. The molecular formula is C12H21F3N2O2. The molecule has 112 valence electrons. The molecule has 0 aliphatic carbocycles. The van der Waals surface area contributed by atoms with Crippen LogP contribution in [0.3, 0.4) is 0 Å². The van der Waals surface area contributed by atoms with Crippen LogP contribution >= 0.6 is 0 Å². The van der Waals surface area contributed by atoms with Crippen molar-refractivity contribution < 1.29 is 22.7 Å². The van der Waals surface area contributed by atoms with Crippen LogP contribution in [-0.4, -0.2) is 60.4 Å². The van der Waals surface area contributed by atoms with Gasteiger partial charge in [0, 0.05) is 26.2 Å². The number of hydrogen-bond donors (Lipinski definition) is 0. The third kappa shape index (κ3) is 6.66. The van der Waals surface area contributed by atoms with Crippen molar-refractivity contribution >= 4 is 6.09 Å². The second-order valence-corrected chi connectivity index (χ2v) is 5.71. The maximum Gasteiger partial charge on any atom is 0.410 e. The Labute approximate surface area is 111 Å². The molecule has 0 unspecified atom stereocenters. The fourth-order valence-electron chi connectivity index (χ4n) is 1.89. The average molecular weight is 282 g/mol. The first-order valence-corrected chi connectivity index (χ1v) is 6.34. The van der Waals surface area contributed by atoms with E-state index >= 15 is 0 Å². The van der Waals surface area contributed by atoms with Crippen molar-refractivity contribution in [3.8, 4) is 0 Å². The summed E-state index contributed by atoms with van der Waals surface area (Å²) in [4.78, 5) is 14.6. The van der Waals surface area contributed by atoms with E-state index in [0.29, 0.717) is 19.5 Å². The number of hydrogen-bond acceptors (Lipinski definition) is 3. The summed E-state index contributed by atoms with van der Waals surface area (Å²) >= 11 is 0. The Kier molecular flexibility index (Phi) is 5.06. The summed E-state index contributed by atoms with van der Waals surface area (Å²) in [5, 5.41) is 0. The van der Waals surface area contributed by atoms with Crippen molar-refractivity contribution in [3.63, 3.8) is 0 Å². The highest BCUT2D eigenvalue weighted by atomic mass is 19.4. The minimum absolute atomic E-state index is 0.221. The predicted octanol–water partition coefficient (Wildman–Crippen LogP) is 2.49. The fourth-order valence-corrected chi connectivity index (χ4v) is 1.89. The van der Waals surface area contributed by atoms with Gasteiger partial charge < -0.3 is 9.64 Å². The van der Waals surface area contributed by atoms with Gasteiger partial charge in [-0.2, -0.15) is 13.2 Å². The third-order valence-corrected chi connectivity index (χ3v) is 2.64. The van der Waals surface area contributed by atoms with Crippen molar-refractivity contribution in [2.45, 2.75) is 39.0 Å². The first-order chi connectivity index (χ1) is 8.57. The molecule has 1 amide bonds. The number of alkyl halides is 3. The van der Waals surface area contributed by atoms with E-state index in [1.165, 1.54) is 9.80 Å². The van der Waals surface area contributed by atoms with Crippen molar-refractivity contribution in [1.82, 2.24) is 9.80 Å². The van der Waals surface area contributed by atoms with Gasteiger partial charge in [-0.25, -0.2) is 4.79 Å². The van der Waals surface area contributed by atoms with Crippen LogP contribution in [0.25, 0.3) is 0 Å². The van der Waals surface area contributed by atoms with Crippen molar-refractivity contribution in [1.29, 1.82) is 0 Å². The summed E-state index contributed by atoms with van der Waals surface area (Å²) < 4.78 is 42.1. The van der Waals surface area contributed by atoms with Gasteiger partial charge in [0.05, 0.1) is 6.54 Å². The molecule has 4 nitrogen and oxygen atoms in total. The standard InChI is InChI=1S/C12H21F3N2O2/c1-11(2,3)19-10(18)17-6-4-5-16(7-8-17)9-12(13,14)15/h4-9H2,1-3H3. The minimum atomic E-state index is -4.19. The van der Waals surface area contributed by atoms with Gasteiger partial charge >= 0.3 is 12.3 Å². The van der Waals surface area contributed by atoms with Gasteiger partial charge in [-0.3, -0.25) is 4.90 Å². The molecule has 0 atom stereocenters. The zero-order chi connectivity index (χ0) is 14.7. The summed E-state index contributed by atoms with van der Waals surface area (Å²) in [6.45, 7) is 5.64. The van der Waals surface area contributed by atoms with Crippen LogP contribution in [0.5, 0.6) is 0 Å². The molecule has 1 saturated heterocycles. The average Bonchev–Trinajstić information content (AvgIpc) is 2.38. The Balaban J connectivity index is 2.48. The maximum absolute atomic E-state index is 12.3. The second kappa shape index (κ2) is 5.98. The normalized spacial score (nSPS) is 19.2. The van der Waals surface area contributed by atoms with Gasteiger partial charge in [0.15, 0.2) is 0 Å². The first kappa shape index (κ1) is 16.1. The van der Waals surface area contributed by atoms with E-state index < -0.39 is 24.4 Å². The Hall–Kier alpha value is -0.980. The van der Waals surface area contributed by atoms with Crippen molar-refractivity contribution in [2.75, 3.05) is 32.7 Å². The lowest BCUT2D eigenvalue weighted by Crippen LogP contribution is -2.40. The highest BCUT2D eigenvalue weighted by Gasteiger charge is 2.32. The molecule has 0 N–H and O–H groups in total. The van der Waals surface area contributed by atoms with E-state index in [1.807, 2.05) is 0 Å². The monoisotopic (exact) mass is 282 g/mol. The highest BCUT2D eigenvalue weighted by molar-refractivity contribution is 5.68.